The van der Waals surface area contributed by atoms with Crippen LogP contribution in [0.3, 0.4) is 0 Å². The summed E-state index contributed by atoms with van der Waals surface area (Å²) >= 11 is 5.82. The average molecular weight is 343 g/mol. The Morgan fingerprint density at radius 3 is 2.29 bits per heavy atom. The van der Waals surface area contributed by atoms with E-state index < -0.39 is 0 Å². The molecule has 5 nitrogen and oxygen atoms in total. The maximum atomic E-state index is 12.3. The van der Waals surface area contributed by atoms with Crippen molar-refractivity contribution in [2.24, 2.45) is 0 Å². The molecule has 1 saturated heterocycles. The van der Waals surface area contributed by atoms with Crippen LogP contribution in [0.1, 0.15) is 28.8 Å². The number of rotatable bonds is 3. The van der Waals surface area contributed by atoms with E-state index in [2.05, 4.69) is 5.32 Å². The number of hydrogen-bond acceptors (Lipinski definition) is 3. The molecule has 1 heterocycles. The second-order valence-corrected chi connectivity index (χ2v) is 6.02. The summed E-state index contributed by atoms with van der Waals surface area (Å²) < 4.78 is 0. The second kappa shape index (κ2) is 6.45. The lowest BCUT2D eigenvalue weighted by Crippen LogP contribution is -2.28. The molecule has 24 heavy (non-hydrogen) atoms. The van der Waals surface area contributed by atoms with Crippen LogP contribution >= 0.6 is 11.6 Å². The highest BCUT2D eigenvalue weighted by molar-refractivity contribution is 6.30. The predicted molar refractivity (Wildman–Crippen MR) is 92.3 cm³/mol. The number of amides is 3. The molecule has 1 aliphatic rings. The Balaban J connectivity index is 1.86. The van der Waals surface area contributed by atoms with Gasteiger partial charge in [0.05, 0.1) is 5.69 Å². The summed E-state index contributed by atoms with van der Waals surface area (Å²) in [7, 11) is 0. The van der Waals surface area contributed by atoms with Crippen molar-refractivity contribution in [3.8, 4) is 0 Å². The fourth-order valence-corrected chi connectivity index (χ4v) is 2.67. The number of anilines is 2. The molecule has 3 rings (SSSR count). The van der Waals surface area contributed by atoms with Gasteiger partial charge in [-0.05, 0) is 48.9 Å². The lowest BCUT2D eigenvalue weighted by Gasteiger charge is -2.17. The molecule has 122 valence electrons. The molecule has 1 aliphatic heterocycles. The minimum atomic E-state index is -0.286. The summed E-state index contributed by atoms with van der Waals surface area (Å²) in [5.41, 5.74) is 2.33. The number of carbonyl (C=O) groups excluding carboxylic acids is 3. The Kier molecular flexibility index (Phi) is 4.36. The van der Waals surface area contributed by atoms with E-state index in [1.54, 1.807) is 42.5 Å². The van der Waals surface area contributed by atoms with Gasteiger partial charge >= 0.3 is 0 Å². The molecular weight excluding hydrogens is 328 g/mol. The molecule has 0 radical (unpaired) electrons. The normalized spacial score (nSPS) is 14.2. The largest absolute Gasteiger partial charge is 0.322 e. The first-order valence-electron chi connectivity index (χ1n) is 7.49. The number of benzene rings is 2. The highest BCUT2D eigenvalue weighted by Crippen LogP contribution is 2.28. The third kappa shape index (κ3) is 3.16. The van der Waals surface area contributed by atoms with Crippen LogP contribution in [0.2, 0.25) is 5.02 Å². The summed E-state index contributed by atoms with van der Waals surface area (Å²) in [5, 5.41) is 3.36. The number of hydrogen-bond donors (Lipinski definition) is 1. The summed E-state index contributed by atoms with van der Waals surface area (Å²) in [6.07, 6.45) is 0.443. The van der Waals surface area contributed by atoms with Crippen molar-refractivity contribution >= 4 is 40.7 Å². The van der Waals surface area contributed by atoms with Crippen LogP contribution in [-0.4, -0.2) is 17.7 Å². The van der Waals surface area contributed by atoms with Crippen molar-refractivity contribution in [1.29, 1.82) is 0 Å². The maximum absolute atomic E-state index is 12.3. The standard InChI is InChI=1S/C18H15ClN2O3/c1-11-2-7-14(21-16(22)8-9-17(21)23)10-15(11)20-18(24)12-3-5-13(19)6-4-12/h2-7,10H,8-9H2,1H3,(H,20,24). The third-order valence-corrected chi connectivity index (χ3v) is 4.14. The second-order valence-electron chi connectivity index (χ2n) is 5.58. The first-order valence-corrected chi connectivity index (χ1v) is 7.87. The van der Waals surface area contributed by atoms with E-state index in [9.17, 15) is 14.4 Å². The van der Waals surface area contributed by atoms with Crippen LogP contribution in [0.4, 0.5) is 11.4 Å². The van der Waals surface area contributed by atoms with Crippen LogP contribution in [0.25, 0.3) is 0 Å². The van der Waals surface area contributed by atoms with Crippen molar-refractivity contribution in [2.75, 3.05) is 10.2 Å². The Morgan fingerprint density at radius 2 is 1.67 bits per heavy atom. The number of nitrogens with zero attached hydrogens (tertiary/aromatic N) is 1. The fraction of sp³-hybridized carbons (Fsp3) is 0.167. The molecule has 6 heteroatoms. The zero-order valence-corrected chi connectivity index (χ0v) is 13.8. The summed E-state index contributed by atoms with van der Waals surface area (Å²) in [5.74, 6) is -0.733. The molecule has 0 aromatic heterocycles. The van der Waals surface area contributed by atoms with E-state index in [1.807, 2.05) is 6.92 Å². The molecule has 2 aromatic carbocycles. The summed E-state index contributed by atoms with van der Waals surface area (Å²) in [4.78, 5) is 37.2. The van der Waals surface area contributed by atoms with Crippen LogP contribution < -0.4 is 10.2 Å². The molecule has 0 spiro atoms. The van der Waals surface area contributed by atoms with Crippen molar-refractivity contribution in [1.82, 2.24) is 0 Å². The van der Waals surface area contributed by atoms with Gasteiger partial charge in [0.1, 0.15) is 0 Å². The third-order valence-electron chi connectivity index (χ3n) is 3.89. The van der Waals surface area contributed by atoms with Gasteiger partial charge in [0.15, 0.2) is 0 Å². The minimum absolute atomic E-state index is 0.221. The SMILES string of the molecule is Cc1ccc(N2C(=O)CCC2=O)cc1NC(=O)c1ccc(Cl)cc1. The topological polar surface area (TPSA) is 66.5 Å². The molecule has 0 unspecified atom stereocenters. The van der Waals surface area contributed by atoms with Gasteiger partial charge in [0.2, 0.25) is 11.8 Å². The van der Waals surface area contributed by atoms with Gasteiger partial charge in [0.25, 0.3) is 5.91 Å². The van der Waals surface area contributed by atoms with Crippen LogP contribution in [0.15, 0.2) is 42.5 Å². The molecule has 1 fully saturated rings. The first kappa shape index (κ1) is 16.2. The molecule has 3 amide bonds. The van der Waals surface area contributed by atoms with E-state index >= 15 is 0 Å². The molecule has 0 atom stereocenters. The van der Waals surface area contributed by atoms with Gasteiger partial charge in [-0.2, -0.15) is 0 Å². The van der Waals surface area contributed by atoms with Crippen molar-refractivity contribution in [3.63, 3.8) is 0 Å². The smallest absolute Gasteiger partial charge is 0.255 e. The first-order chi connectivity index (χ1) is 11.5. The molecule has 1 N–H and O–H groups in total. The summed E-state index contributed by atoms with van der Waals surface area (Å²) in [6, 6.07) is 11.7. The van der Waals surface area contributed by atoms with Gasteiger partial charge in [-0.3, -0.25) is 19.3 Å². The van der Waals surface area contributed by atoms with E-state index in [0.717, 1.165) is 10.5 Å². The Hall–Kier alpha value is -2.66. The van der Waals surface area contributed by atoms with Crippen LogP contribution in [0.5, 0.6) is 0 Å². The zero-order chi connectivity index (χ0) is 17.3. The molecule has 2 aromatic rings. The summed E-state index contributed by atoms with van der Waals surface area (Å²) in [6.45, 7) is 1.84. The van der Waals surface area contributed by atoms with E-state index in [0.29, 0.717) is 22.0 Å². The predicted octanol–water partition coefficient (Wildman–Crippen LogP) is 3.55. The highest BCUT2D eigenvalue weighted by Gasteiger charge is 2.30. The number of nitrogens with one attached hydrogen (secondary N) is 1. The zero-order valence-electron chi connectivity index (χ0n) is 13.0. The number of carbonyl (C=O) groups is 3. The Labute approximate surface area is 144 Å². The highest BCUT2D eigenvalue weighted by atomic mass is 35.5. The molecule has 0 bridgehead atoms. The van der Waals surface area contributed by atoms with Crippen molar-refractivity contribution < 1.29 is 14.4 Å². The van der Waals surface area contributed by atoms with E-state index in [-0.39, 0.29) is 30.6 Å². The molecule has 0 aliphatic carbocycles. The van der Waals surface area contributed by atoms with Gasteiger partial charge in [0, 0.05) is 29.1 Å². The Morgan fingerprint density at radius 1 is 1.04 bits per heavy atom. The van der Waals surface area contributed by atoms with Gasteiger partial charge in [-0.15, -0.1) is 0 Å². The van der Waals surface area contributed by atoms with Crippen LogP contribution in [-0.2, 0) is 9.59 Å². The number of imide groups is 1. The van der Waals surface area contributed by atoms with Gasteiger partial charge in [-0.1, -0.05) is 17.7 Å². The Bertz CT molecular complexity index is 815. The maximum Gasteiger partial charge on any atom is 0.255 e. The van der Waals surface area contributed by atoms with Crippen molar-refractivity contribution in [3.05, 3.63) is 58.6 Å². The number of halogens is 1. The van der Waals surface area contributed by atoms with Gasteiger partial charge < -0.3 is 5.32 Å². The van der Waals surface area contributed by atoms with Crippen molar-refractivity contribution in [2.45, 2.75) is 19.8 Å². The molecule has 0 saturated carbocycles. The number of aryl methyl sites for hydroxylation is 1. The quantitative estimate of drug-likeness (QED) is 0.867. The van der Waals surface area contributed by atoms with E-state index in [1.165, 1.54) is 0 Å². The lowest BCUT2D eigenvalue weighted by molar-refractivity contribution is -0.121. The minimum Gasteiger partial charge on any atom is -0.322 e. The fourth-order valence-electron chi connectivity index (χ4n) is 2.54. The van der Waals surface area contributed by atoms with E-state index in [4.69, 9.17) is 11.6 Å². The monoisotopic (exact) mass is 342 g/mol. The molecular formula is C18H15ClN2O3. The van der Waals surface area contributed by atoms with Crippen LogP contribution in [0, 0.1) is 6.92 Å². The van der Waals surface area contributed by atoms with Gasteiger partial charge in [-0.25, -0.2) is 0 Å². The lowest BCUT2D eigenvalue weighted by atomic mass is 10.1. The average Bonchev–Trinajstić information content (AvgIpc) is 2.89.